The SMILES string of the molecule is C=C(C)C(=O)OCCOCCOCCOc1ccc(OCCOC)c2ccccc12. The van der Waals surface area contributed by atoms with Crippen molar-refractivity contribution in [1.82, 2.24) is 0 Å². The molecule has 2 aromatic rings. The van der Waals surface area contributed by atoms with Crippen LogP contribution in [-0.4, -0.2) is 65.9 Å². The fraction of sp³-hybridized carbons (Fsp3) is 0.435. The van der Waals surface area contributed by atoms with Crippen molar-refractivity contribution in [2.24, 2.45) is 0 Å². The van der Waals surface area contributed by atoms with E-state index in [0.717, 1.165) is 22.3 Å². The molecule has 0 aliphatic carbocycles. The maximum Gasteiger partial charge on any atom is 0.333 e. The van der Waals surface area contributed by atoms with Gasteiger partial charge in [0.15, 0.2) is 0 Å². The van der Waals surface area contributed by atoms with Crippen LogP contribution in [0, 0.1) is 0 Å². The van der Waals surface area contributed by atoms with E-state index in [1.165, 1.54) is 0 Å². The van der Waals surface area contributed by atoms with Crippen molar-refractivity contribution in [1.29, 1.82) is 0 Å². The summed E-state index contributed by atoms with van der Waals surface area (Å²) >= 11 is 0. The lowest BCUT2D eigenvalue weighted by Gasteiger charge is -2.13. The van der Waals surface area contributed by atoms with Gasteiger partial charge in [0.25, 0.3) is 0 Å². The van der Waals surface area contributed by atoms with Gasteiger partial charge in [0.2, 0.25) is 0 Å². The number of hydrogen-bond acceptors (Lipinski definition) is 7. The Morgan fingerprint density at radius 2 is 1.27 bits per heavy atom. The van der Waals surface area contributed by atoms with Crippen molar-refractivity contribution in [2.75, 3.05) is 60.0 Å². The Labute approximate surface area is 177 Å². The van der Waals surface area contributed by atoms with Crippen LogP contribution in [0.2, 0.25) is 0 Å². The topological polar surface area (TPSA) is 72.5 Å². The fourth-order valence-corrected chi connectivity index (χ4v) is 2.58. The molecular weight excluding hydrogens is 388 g/mol. The summed E-state index contributed by atoms with van der Waals surface area (Å²) in [6.07, 6.45) is 0. The Morgan fingerprint density at radius 3 is 1.80 bits per heavy atom. The molecule has 0 spiro atoms. The zero-order chi connectivity index (χ0) is 21.6. The molecule has 7 nitrogen and oxygen atoms in total. The first kappa shape index (κ1) is 23.7. The van der Waals surface area contributed by atoms with Gasteiger partial charge in [-0.05, 0) is 19.1 Å². The molecule has 0 saturated heterocycles. The molecule has 0 bridgehead atoms. The molecule has 0 aliphatic rings. The first-order valence-electron chi connectivity index (χ1n) is 9.88. The summed E-state index contributed by atoms with van der Waals surface area (Å²) in [5.74, 6) is 1.18. The summed E-state index contributed by atoms with van der Waals surface area (Å²) in [4.78, 5) is 11.2. The number of benzene rings is 2. The molecule has 2 rings (SSSR count). The highest BCUT2D eigenvalue weighted by molar-refractivity contribution is 5.93. The maximum atomic E-state index is 11.2. The summed E-state index contributed by atoms with van der Waals surface area (Å²) in [5, 5.41) is 1.98. The van der Waals surface area contributed by atoms with E-state index < -0.39 is 5.97 Å². The highest BCUT2D eigenvalue weighted by atomic mass is 16.6. The van der Waals surface area contributed by atoms with E-state index in [-0.39, 0.29) is 6.61 Å². The second-order valence-corrected chi connectivity index (χ2v) is 6.44. The fourth-order valence-electron chi connectivity index (χ4n) is 2.58. The number of methoxy groups -OCH3 is 1. The van der Waals surface area contributed by atoms with Crippen LogP contribution >= 0.6 is 0 Å². The number of rotatable bonds is 15. The van der Waals surface area contributed by atoms with Crippen LogP contribution in [0.1, 0.15) is 6.92 Å². The van der Waals surface area contributed by atoms with Crippen molar-refractivity contribution >= 4 is 16.7 Å². The van der Waals surface area contributed by atoms with E-state index in [9.17, 15) is 4.79 Å². The number of ether oxygens (including phenoxy) is 6. The van der Waals surface area contributed by atoms with Gasteiger partial charge < -0.3 is 28.4 Å². The molecule has 0 fully saturated rings. The van der Waals surface area contributed by atoms with E-state index in [4.69, 9.17) is 28.4 Å². The summed E-state index contributed by atoms with van der Waals surface area (Å²) in [7, 11) is 1.65. The summed E-state index contributed by atoms with van der Waals surface area (Å²) in [5.41, 5.74) is 0.374. The van der Waals surface area contributed by atoms with Crippen LogP contribution < -0.4 is 9.47 Å². The van der Waals surface area contributed by atoms with Crippen LogP contribution in [0.4, 0.5) is 0 Å². The molecule has 0 aliphatic heterocycles. The molecular formula is C23H30O7. The molecule has 2 aromatic carbocycles. The molecule has 0 saturated carbocycles. The van der Waals surface area contributed by atoms with Crippen molar-refractivity contribution in [3.63, 3.8) is 0 Å². The Morgan fingerprint density at radius 1 is 0.767 bits per heavy atom. The highest BCUT2D eigenvalue weighted by Gasteiger charge is 2.08. The van der Waals surface area contributed by atoms with Gasteiger partial charge in [0.05, 0.1) is 33.0 Å². The molecule has 0 N–H and O–H groups in total. The predicted octanol–water partition coefficient (Wildman–Crippen LogP) is 3.40. The largest absolute Gasteiger partial charge is 0.491 e. The lowest BCUT2D eigenvalue weighted by Crippen LogP contribution is -2.14. The van der Waals surface area contributed by atoms with Crippen molar-refractivity contribution in [3.8, 4) is 11.5 Å². The first-order valence-corrected chi connectivity index (χ1v) is 9.88. The number of carbonyl (C=O) groups excluding carboxylic acids is 1. The zero-order valence-corrected chi connectivity index (χ0v) is 17.7. The maximum absolute atomic E-state index is 11.2. The van der Waals surface area contributed by atoms with Crippen LogP contribution in [0.15, 0.2) is 48.6 Å². The van der Waals surface area contributed by atoms with Gasteiger partial charge in [-0.15, -0.1) is 0 Å². The molecule has 0 unspecified atom stereocenters. The van der Waals surface area contributed by atoms with E-state index in [1.807, 2.05) is 36.4 Å². The molecule has 0 heterocycles. The molecule has 0 amide bonds. The van der Waals surface area contributed by atoms with Gasteiger partial charge in [-0.25, -0.2) is 4.79 Å². The van der Waals surface area contributed by atoms with Gasteiger partial charge >= 0.3 is 5.97 Å². The molecule has 0 aromatic heterocycles. The van der Waals surface area contributed by atoms with Gasteiger partial charge in [0, 0.05) is 23.5 Å². The quantitative estimate of drug-likeness (QED) is 0.249. The van der Waals surface area contributed by atoms with Crippen molar-refractivity contribution in [3.05, 3.63) is 48.6 Å². The highest BCUT2D eigenvalue weighted by Crippen LogP contribution is 2.33. The third kappa shape index (κ3) is 8.02. The Balaban J connectivity index is 1.66. The standard InChI is InChI=1S/C23H30O7/c1-18(2)23(24)30-17-14-27-12-11-26-13-16-29-22-9-8-21(28-15-10-25-3)19-6-4-5-7-20(19)22/h4-9H,1,10-17H2,2-3H3. The number of fused-ring (bicyclic) bond motifs is 1. The predicted molar refractivity (Wildman–Crippen MR) is 114 cm³/mol. The summed E-state index contributed by atoms with van der Waals surface area (Å²) < 4.78 is 32.5. The van der Waals surface area contributed by atoms with Crippen LogP contribution in [0.5, 0.6) is 11.5 Å². The molecule has 0 radical (unpaired) electrons. The van der Waals surface area contributed by atoms with E-state index >= 15 is 0 Å². The minimum atomic E-state index is -0.408. The number of esters is 1. The van der Waals surface area contributed by atoms with E-state index in [2.05, 4.69) is 6.58 Å². The Hall–Kier alpha value is -2.61. The second-order valence-electron chi connectivity index (χ2n) is 6.44. The second kappa shape index (κ2) is 13.6. The van der Waals surface area contributed by atoms with Crippen molar-refractivity contribution < 1.29 is 33.2 Å². The minimum absolute atomic E-state index is 0.201. The van der Waals surface area contributed by atoms with E-state index in [1.54, 1.807) is 14.0 Å². The third-order valence-electron chi connectivity index (χ3n) is 4.06. The van der Waals surface area contributed by atoms with Gasteiger partial charge in [-0.1, -0.05) is 30.8 Å². The lowest BCUT2D eigenvalue weighted by atomic mass is 10.1. The van der Waals surface area contributed by atoms with Crippen LogP contribution in [0.3, 0.4) is 0 Å². The Bertz CT molecular complexity index is 803. The first-order chi connectivity index (χ1) is 14.6. The average Bonchev–Trinajstić information content (AvgIpc) is 2.75. The Kier molecular flexibility index (Phi) is 10.7. The minimum Gasteiger partial charge on any atom is -0.491 e. The van der Waals surface area contributed by atoms with Gasteiger partial charge in [-0.3, -0.25) is 0 Å². The molecule has 164 valence electrons. The third-order valence-corrected chi connectivity index (χ3v) is 4.06. The van der Waals surface area contributed by atoms with Crippen molar-refractivity contribution in [2.45, 2.75) is 6.92 Å². The van der Waals surface area contributed by atoms with Crippen LogP contribution in [-0.2, 0) is 23.7 Å². The molecule has 7 heteroatoms. The zero-order valence-electron chi connectivity index (χ0n) is 17.7. The van der Waals surface area contributed by atoms with Crippen LogP contribution in [0.25, 0.3) is 10.8 Å². The normalized spacial score (nSPS) is 10.7. The van der Waals surface area contributed by atoms with Gasteiger partial charge in [-0.2, -0.15) is 0 Å². The summed E-state index contributed by atoms with van der Waals surface area (Å²) in [6, 6.07) is 11.8. The van der Waals surface area contributed by atoms with Gasteiger partial charge in [0.1, 0.15) is 31.3 Å². The lowest BCUT2D eigenvalue weighted by molar-refractivity contribution is -0.140. The number of carbonyl (C=O) groups is 1. The summed E-state index contributed by atoms with van der Waals surface area (Å²) in [6.45, 7) is 8.38. The number of hydrogen-bond donors (Lipinski definition) is 0. The molecule has 0 atom stereocenters. The smallest absolute Gasteiger partial charge is 0.333 e. The molecule has 30 heavy (non-hydrogen) atoms. The van der Waals surface area contributed by atoms with E-state index in [0.29, 0.717) is 51.8 Å². The monoisotopic (exact) mass is 418 g/mol. The average molecular weight is 418 g/mol.